The maximum atomic E-state index is 12.5. The molecule has 1 N–H and O–H groups in total. The van der Waals surface area contributed by atoms with Crippen molar-refractivity contribution in [2.24, 2.45) is 5.92 Å². The summed E-state index contributed by atoms with van der Waals surface area (Å²) in [5.74, 6) is 1.15. The minimum Gasteiger partial charge on any atom is -0.493 e. The molecular formula is C19H19Cl2NO2. The van der Waals surface area contributed by atoms with Gasteiger partial charge in [-0.1, -0.05) is 23.2 Å². The van der Waals surface area contributed by atoms with Gasteiger partial charge in [0, 0.05) is 16.1 Å². The van der Waals surface area contributed by atoms with E-state index in [4.69, 9.17) is 27.9 Å². The van der Waals surface area contributed by atoms with E-state index >= 15 is 0 Å². The number of benzene rings is 2. The fourth-order valence-corrected chi connectivity index (χ4v) is 3.17. The van der Waals surface area contributed by atoms with Crippen LogP contribution in [0.5, 0.6) is 5.75 Å². The summed E-state index contributed by atoms with van der Waals surface area (Å²) >= 11 is 12.1. The van der Waals surface area contributed by atoms with Crippen molar-refractivity contribution in [1.29, 1.82) is 0 Å². The number of nitrogens with one attached hydrogen (secondary N) is 1. The van der Waals surface area contributed by atoms with Crippen LogP contribution in [0, 0.1) is 5.92 Å². The fourth-order valence-electron chi connectivity index (χ4n) is 2.79. The van der Waals surface area contributed by atoms with E-state index in [1.165, 1.54) is 0 Å². The van der Waals surface area contributed by atoms with E-state index in [0.717, 1.165) is 25.9 Å². The van der Waals surface area contributed by atoms with Crippen LogP contribution in [-0.4, -0.2) is 25.5 Å². The molecule has 0 amide bonds. The van der Waals surface area contributed by atoms with Crippen LogP contribution in [0.2, 0.25) is 10.0 Å². The number of ether oxygens (including phenoxy) is 1. The summed E-state index contributed by atoms with van der Waals surface area (Å²) in [7, 11) is 0. The van der Waals surface area contributed by atoms with Gasteiger partial charge in [0.1, 0.15) is 5.75 Å². The number of carbonyl (C=O) groups is 1. The minimum absolute atomic E-state index is 0.124. The molecule has 2 aromatic rings. The molecule has 0 spiro atoms. The molecule has 0 radical (unpaired) electrons. The predicted octanol–water partition coefficient (Wildman–Crippen LogP) is 4.60. The quantitative estimate of drug-likeness (QED) is 0.788. The second-order valence-electron chi connectivity index (χ2n) is 5.98. The van der Waals surface area contributed by atoms with Crippen LogP contribution in [0.25, 0.3) is 0 Å². The lowest BCUT2D eigenvalue weighted by Crippen LogP contribution is -2.30. The largest absolute Gasteiger partial charge is 0.493 e. The Balaban J connectivity index is 1.67. The maximum Gasteiger partial charge on any atom is 0.194 e. The van der Waals surface area contributed by atoms with Crippen LogP contribution in [0.1, 0.15) is 28.8 Å². The minimum atomic E-state index is -0.124. The van der Waals surface area contributed by atoms with Gasteiger partial charge >= 0.3 is 0 Å². The number of carbonyl (C=O) groups excluding carboxylic acids is 1. The summed E-state index contributed by atoms with van der Waals surface area (Å²) in [4.78, 5) is 12.5. The molecule has 0 unspecified atom stereocenters. The molecule has 0 aliphatic carbocycles. The smallest absolute Gasteiger partial charge is 0.194 e. The normalized spacial score (nSPS) is 15.2. The molecule has 0 saturated carbocycles. The lowest BCUT2D eigenvalue weighted by molar-refractivity contribution is 0.103. The third-order valence-corrected chi connectivity index (χ3v) is 4.80. The van der Waals surface area contributed by atoms with Crippen molar-refractivity contribution in [2.45, 2.75) is 12.8 Å². The molecule has 126 valence electrons. The Morgan fingerprint density at radius 3 is 2.46 bits per heavy atom. The van der Waals surface area contributed by atoms with Crippen LogP contribution < -0.4 is 10.1 Å². The number of piperidine rings is 1. The molecule has 1 saturated heterocycles. The van der Waals surface area contributed by atoms with Gasteiger partial charge < -0.3 is 10.1 Å². The topological polar surface area (TPSA) is 38.3 Å². The van der Waals surface area contributed by atoms with Crippen LogP contribution in [0.15, 0.2) is 42.5 Å². The van der Waals surface area contributed by atoms with Gasteiger partial charge in [-0.15, -0.1) is 0 Å². The summed E-state index contributed by atoms with van der Waals surface area (Å²) in [6.45, 7) is 2.77. The summed E-state index contributed by atoms with van der Waals surface area (Å²) in [6.07, 6.45) is 2.25. The third kappa shape index (κ3) is 4.29. The summed E-state index contributed by atoms with van der Waals surface area (Å²) in [6, 6.07) is 12.0. The molecular weight excluding hydrogens is 345 g/mol. The average Bonchev–Trinajstić information content (AvgIpc) is 2.61. The Hall–Kier alpha value is -1.55. The van der Waals surface area contributed by atoms with Crippen molar-refractivity contribution in [3.05, 3.63) is 63.6 Å². The first kappa shape index (κ1) is 17.3. The van der Waals surface area contributed by atoms with Crippen molar-refractivity contribution < 1.29 is 9.53 Å². The molecule has 5 heteroatoms. The molecule has 0 aromatic heterocycles. The molecule has 0 bridgehead atoms. The first-order valence-corrected chi connectivity index (χ1v) is 8.82. The number of ketones is 1. The van der Waals surface area contributed by atoms with Gasteiger partial charge in [-0.3, -0.25) is 4.79 Å². The van der Waals surface area contributed by atoms with Crippen molar-refractivity contribution in [2.75, 3.05) is 19.7 Å². The molecule has 2 aromatic carbocycles. The Morgan fingerprint density at radius 2 is 1.79 bits per heavy atom. The Labute approximate surface area is 151 Å². The van der Waals surface area contributed by atoms with Crippen molar-refractivity contribution in [3.8, 4) is 5.75 Å². The summed E-state index contributed by atoms with van der Waals surface area (Å²) < 4.78 is 5.84. The van der Waals surface area contributed by atoms with Crippen LogP contribution in [0.3, 0.4) is 0 Å². The zero-order valence-electron chi connectivity index (χ0n) is 13.2. The molecule has 3 nitrogen and oxygen atoms in total. The number of halogens is 2. The molecule has 1 aliphatic heterocycles. The van der Waals surface area contributed by atoms with Crippen molar-refractivity contribution in [1.82, 2.24) is 5.32 Å². The molecule has 1 heterocycles. The van der Waals surface area contributed by atoms with Crippen LogP contribution in [-0.2, 0) is 0 Å². The van der Waals surface area contributed by atoms with Gasteiger partial charge in [0.2, 0.25) is 0 Å². The molecule has 1 fully saturated rings. The lowest BCUT2D eigenvalue weighted by atomic mass is 9.99. The summed E-state index contributed by atoms with van der Waals surface area (Å²) in [5, 5.41) is 4.34. The summed E-state index contributed by atoms with van der Waals surface area (Å²) in [5.41, 5.74) is 1.03. The first-order valence-electron chi connectivity index (χ1n) is 8.07. The molecule has 3 rings (SSSR count). The molecule has 24 heavy (non-hydrogen) atoms. The van der Waals surface area contributed by atoms with Crippen LogP contribution >= 0.6 is 23.2 Å². The van der Waals surface area contributed by atoms with E-state index in [-0.39, 0.29) is 5.78 Å². The van der Waals surface area contributed by atoms with Gasteiger partial charge in [0.05, 0.1) is 11.6 Å². The van der Waals surface area contributed by atoms with Crippen LogP contribution in [0.4, 0.5) is 0 Å². The predicted molar refractivity (Wildman–Crippen MR) is 97.4 cm³/mol. The third-order valence-electron chi connectivity index (χ3n) is 4.24. The fraction of sp³-hybridized carbons (Fsp3) is 0.316. The van der Waals surface area contributed by atoms with Gasteiger partial charge in [-0.05, 0) is 74.3 Å². The zero-order chi connectivity index (χ0) is 16.9. The first-order chi connectivity index (χ1) is 11.6. The number of hydrogen-bond donors (Lipinski definition) is 1. The van der Waals surface area contributed by atoms with Gasteiger partial charge in [0.15, 0.2) is 5.78 Å². The standard InChI is InChI=1S/C19H19Cl2NO2/c20-15-3-1-14(2-4-15)19(23)17-6-5-16(11-18(17)21)24-12-13-7-9-22-10-8-13/h1-6,11,13,22H,7-10,12H2. The van der Waals surface area contributed by atoms with E-state index in [1.807, 2.05) is 0 Å². The zero-order valence-corrected chi connectivity index (χ0v) is 14.7. The Bertz CT molecular complexity index is 710. The number of rotatable bonds is 5. The molecule has 0 atom stereocenters. The highest BCUT2D eigenvalue weighted by Crippen LogP contribution is 2.26. The van der Waals surface area contributed by atoms with Gasteiger partial charge in [-0.2, -0.15) is 0 Å². The second kappa shape index (κ2) is 8.02. The average molecular weight is 364 g/mol. The van der Waals surface area contributed by atoms with E-state index in [9.17, 15) is 4.79 Å². The molecule has 1 aliphatic rings. The van der Waals surface area contributed by atoms with Crippen molar-refractivity contribution in [3.63, 3.8) is 0 Å². The van der Waals surface area contributed by atoms with Gasteiger partial charge in [-0.25, -0.2) is 0 Å². The highest BCUT2D eigenvalue weighted by atomic mass is 35.5. The lowest BCUT2D eigenvalue weighted by Gasteiger charge is -2.22. The second-order valence-corrected chi connectivity index (χ2v) is 6.83. The monoisotopic (exact) mass is 363 g/mol. The van der Waals surface area contributed by atoms with Crippen molar-refractivity contribution >= 4 is 29.0 Å². The SMILES string of the molecule is O=C(c1ccc(Cl)cc1)c1ccc(OCC2CCNCC2)cc1Cl. The van der Waals surface area contributed by atoms with E-state index in [0.29, 0.717) is 39.4 Å². The van der Waals surface area contributed by atoms with E-state index in [1.54, 1.807) is 42.5 Å². The van der Waals surface area contributed by atoms with E-state index < -0.39 is 0 Å². The Kier molecular flexibility index (Phi) is 5.77. The Morgan fingerprint density at radius 1 is 1.08 bits per heavy atom. The van der Waals surface area contributed by atoms with Gasteiger partial charge in [0.25, 0.3) is 0 Å². The highest BCUT2D eigenvalue weighted by molar-refractivity contribution is 6.35. The maximum absolute atomic E-state index is 12.5. The number of hydrogen-bond acceptors (Lipinski definition) is 3. The highest BCUT2D eigenvalue weighted by Gasteiger charge is 2.16. The van der Waals surface area contributed by atoms with E-state index in [2.05, 4.69) is 5.32 Å².